The molecule has 0 spiro atoms. The van der Waals surface area contributed by atoms with Gasteiger partial charge in [-0.3, -0.25) is 9.78 Å². The topological polar surface area (TPSA) is 96.5 Å². The Labute approximate surface area is 174 Å². The van der Waals surface area contributed by atoms with E-state index in [0.29, 0.717) is 29.6 Å². The molecule has 1 fully saturated rings. The molecule has 1 saturated heterocycles. The van der Waals surface area contributed by atoms with Crippen LogP contribution in [0.5, 0.6) is 11.5 Å². The SMILES string of the molecule is COc1ccc(Cc2nnc(N3CCN(c4ccccn4)CC3)[nH]c2=O)cc1OC. The molecular formula is C21H24N6O3. The molecule has 0 saturated carbocycles. The van der Waals surface area contributed by atoms with Gasteiger partial charge in [-0.2, -0.15) is 0 Å². The quantitative estimate of drug-likeness (QED) is 0.655. The summed E-state index contributed by atoms with van der Waals surface area (Å²) in [6, 6.07) is 11.4. The molecular weight excluding hydrogens is 384 g/mol. The van der Waals surface area contributed by atoms with Crippen LogP contribution < -0.4 is 24.8 Å². The van der Waals surface area contributed by atoms with Crippen LogP contribution in [0.4, 0.5) is 11.8 Å². The largest absolute Gasteiger partial charge is 0.493 e. The summed E-state index contributed by atoms with van der Waals surface area (Å²) in [6.45, 7) is 3.06. The molecule has 1 aliphatic rings. The van der Waals surface area contributed by atoms with E-state index >= 15 is 0 Å². The predicted molar refractivity (Wildman–Crippen MR) is 114 cm³/mol. The number of ether oxygens (including phenoxy) is 2. The van der Waals surface area contributed by atoms with Crippen LogP contribution in [0, 0.1) is 0 Å². The van der Waals surface area contributed by atoms with Crippen molar-refractivity contribution in [3.05, 3.63) is 64.2 Å². The monoisotopic (exact) mass is 408 g/mol. The molecule has 9 nitrogen and oxygen atoms in total. The number of aromatic amines is 1. The predicted octanol–water partition coefficient (Wildman–Crippen LogP) is 1.49. The second-order valence-corrected chi connectivity index (χ2v) is 6.95. The van der Waals surface area contributed by atoms with Crippen LogP contribution in [-0.4, -0.2) is 60.6 Å². The molecule has 1 N–H and O–H groups in total. The minimum atomic E-state index is -0.234. The molecule has 0 aliphatic carbocycles. The number of rotatable bonds is 6. The van der Waals surface area contributed by atoms with Crippen molar-refractivity contribution < 1.29 is 9.47 Å². The van der Waals surface area contributed by atoms with Crippen molar-refractivity contribution in [1.29, 1.82) is 0 Å². The lowest BCUT2D eigenvalue weighted by molar-refractivity contribution is 0.354. The highest BCUT2D eigenvalue weighted by Gasteiger charge is 2.20. The van der Waals surface area contributed by atoms with Crippen LogP contribution in [-0.2, 0) is 6.42 Å². The van der Waals surface area contributed by atoms with E-state index in [-0.39, 0.29) is 5.56 Å². The number of benzene rings is 1. The van der Waals surface area contributed by atoms with Gasteiger partial charge in [-0.15, -0.1) is 10.2 Å². The van der Waals surface area contributed by atoms with Crippen molar-refractivity contribution in [3.63, 3.8) is 0 Å². The van der Waals surface area contributed by atoms with E-state index in [0.717, 1.165) is 37.6 Å². The van der Waals surface area contributed by atoms with Crippen LogP contribution in [0.2, 0.25) is 0 Å². The number of nitrogens with zero attached hydrogens (tertiary/aromatic N) is 5. The first kappa shape index (κ1) is 19.7. The summed E-state index contributed by atoms with van der Waals surface area (Å²) in [4.78, 5) is 24.1. The normalized spacial score (nSPS) is 13.9. The van der Waals surface area contributed by atoms with Crippen molar-refractivity contribution in [3.8, 4) is 11.5 Å². The Hall–Kier alpha value is -3.62. The smallest absolute Gasteiger partial charge is 0.274 e. The molecule has 1 aliphatic heterocycles. The summed E-state index contributed by atoms with van der Waals surface area (Å²) < 4.78 is 10.6. The van der Waals surface area contributed by atoms with Crippen LogP contribution in [0.1, 0.15) is 11.3 Å². The van der Waals surface area contributed by atoms with E-state index in [1.54, 1.807) is 20.4 Å². The van der Waals surface area contributed by atoms with Crippen molar-refractivity contribution in [2.75, 3.05) is 50.2 Å². The average molecular weight is 408 g/mol. The lowest BCUT2D eigenvalue weighted by Crippen LogP contribution is -2.48. The Morgan fingerprint density at radius 3 is 2.40 bits per heavy atom. The Balaban J connectivity index is 1.43. The third-order valence-electron chi connectivity index (χ3n) is 5.12. The Kier molecular flexibility index (Phi) is 5.78. The summed E-state index contributed by atoms with van der Waals surface area (Å²) in [5.74, 6) is 2.71. The number of anilines is 2. The van der Waals surface area contributed by atoms with E-state index in [9.17, 15) is 4.79 Å². The van der Waals surface area contributed by atoms with Gasteiger partial charge in [-0.05, 0) is 29.8 Å². The zero-order valence-electron chi connectivity index (χ0n) is 17.0. The minimum Gasteiger partial charge on any atom is -0.493 e. The Morgan fingerprint density at radius 1 is 0.967 bits per heavy atom. The van der Waals surface area contributed by atoms with E-state index < -0.39 is 0 Å². The lowest BCUT2D eigenvalue weighted by Gasteiger charge is -2.35. The highest BCUT2D eigenvalue weighted by atomic mass is 16.5. The van der Waals surface area contributed by atoms with Gasteiger partial charge < -0.3 is 19.3 Å². The molecule has 0 bridgehead atoms. The van der Waals surface area contributed by atoms with Gasteiger partial charge in [0.05, 0.1) is 14.2 Å². The van der Waals surface area contributed by atoms with Crippen molar-refractivity contribution in [1.82, 2.24) is 20.2 Å². The lowest BCUT2D eigenvalue weighted by atomic mass is 10.1. The molecule has 0 radical (unpaired) electrons. The molecule has 3 aromatic rings. The van der Waals surface area contributed by atoms with E-state index in [4.69, 9.17) is 9.47 Å². The Bertz CT molecular complexity index is 1050. The average Bonchev–Trinajstić information content (AvgIpc) is 2.81. The third-order valence-corrected chi connectivity index (χ3v) is 5.12. The molecule has 30 heavy (non-hydrogen) atoms. The minimum absolute atomic E-state index is 0.234. The molecule has 4 rings (SSSR count). The standard InChI is InChI=1S/C21H24N6O3/c1-29-17-7-6-15(14-18(17)30-2)13-16-20(28)23-21(25-24-16)27-11-9-26(10-12-27)19-5-3-4-8-22-19/h3-8,14H,9-13H2,1-2H3,(H,23,25,28). The zero-order valence-corrected chi connectivity index (χ0v) is 17.0. The van der Waals surface area contributed by atoms with E-state index in [2.05, 4.69) is 25.1 Å². The van der Waals surface area contributed by atoms with Crippen LogP contribution in [0.15, 0.2) is 47.4 Å². The number of methoxy groups -OCH3 is 2. The van der Waals surface area contributed by atoms with Gasteiger partial charge in [-0.25, -0.2) is 4.98 Å². The second kappa shape index (κ2) is 8.81. The fraction of sp³-hybridized carbons (Fsp3) is 0.333. The van der Waals surface area contributed by atoms with Gasteiger partial charge in [0, 0.05) is 38.8 Å². The molecule has 3 heterocycles. The van der Waals surface area contributed by atoms with Gasteiger partial charge in [0.2, 0.25) is 5.95 Å². The number of nitrogens with one attached hydrogen (secondary N) is 1. The molecule has 0 amide bonds. The summed E-state index contributed by atoms with van der Waals surface area (Å²) >= 11 is 0. The summed E-state index contributed by atoms with van der Waals surface area (Å²) in [6.07, 6.45) is 2.15. The summed E-state index contributed by atoms with van der Waals surface area (Å²) in [5, 5.41) is 8.45. The Morgan fingerprint density at radius 2 is 1.73 bits per heavy atom. The van der Waals surface area contributed by atoms with E-state index in [1.807, 2.05) is 41.3 Å². The number of hydrogen-bond acceptors (Lipinski definition) is 8. The van der Waals surface area contributed by atoms with Crippen molar-refractivity contribution >= 4 is 11.8 Å². The zero-order chi connectivity index (χ0) is 20.9. The molecule has 9 heteroatoms. The maximum Gasteiger partial charge on any atom is 0.274 e. The number of pyridine rings is 1. The fourth-order valence-electron chi connectivity index (χ4n) is 3.48. The first-order chi connectivity index (χ1) is 14.7. The van der Waals surface area contributed by atoms with Gasteiger partial charge in [0.25, 0.3) is 5.56 Å². The number of aromatic nitrogens is 4. The van der Waals surface area contributed by atoms with Crippen molar-refractivity contribution in [2.45, 2.75) is 6.42 Å². The maximum absolute atomic E-state index is 12.6. The van der Waals surface area contributed by atoms with Gasteiger partial charge in [-0.1, -0.05) is 12.1 Å². The van der Waals surface area contributed by atoms with Crippen LogP contribution in [0.3, 0.4) is 0 Å². The van der Waals surface area contributed by atoms with Crippen molar-refractivity contribution in [2.24, 2.45) is 0 Å². The van der Waals surface area contributed by atoms with Gasteiger partial charge >= 0.3 is 0 Å². The molecule has 0 atom stereocenters. The van der Waals surface area contributed by atoms with Gasteiger partial charge in [0.1, 0.15) is 11.5 Å². The number of piperazine rings is 1. The third kappa shape index (κ3) is 4.19. The highest BCUT2D eigenvalue weighted by molar-refractivity contribution is 5.44. The molecule has 2 aromatic heterocycles. The molecule has 156 valence electrons. The highest BCUT2D eigenvalue weighted by Crippen LogP contribution is 2.28. The maximum atomic E-state index is 12.6. The molecule has 1 aromatic carbocycles. The van der Waals surface area contributed by atoms with Gasteiger partial charge in [0.15, 0.2) is 11.5 Å². The molecule has 0 unspecified atom stereocenters. The second-order valence-electron chi connectivity index (χ2n) is 6.95. The first-order valence-corrected chi connectivity index (χ1v) is 9.75. The van der Waals surface area contributed by atoms with Crippen LogP contribution >= 0.6 is 0 Å². The number of hydrogen-bond donors (Lipinski definition) is 1. The number of H-pyrrole nitrogens is 1. The van der Waals surface area contributed by atoms with E-state index in [1.165, 1.54) is 0 Å². The first-order valence-electron chi connectivity index (χ1n) is 9.75. The van der Waals surface area contributed by atoms with Crippen LogP contribution in [0.25, 0.3) is 0 Å². The summed E-state index contributed by atoms with van der Waals surface area (Å²) in [5.41, 5.74) is 1.02. The summed E-state index contributed by atoms with van der Waals surface area (Å²) in [7, 11) is 3.17. The fourth-order valence-corrected chi connectivity index (χ4v) is 3.48.